The smallest absolute Gasteiger partial charge is 0.351 e. The number of fused-ring (bicyclic) bond motifs is 1. The summed E-state index contributed by atoms with van der Waals surface area (Å²) in [5, 5.41) is 15.0. The minimum absolute atomic E-state index is 0.0599. The summed E-state index contributed by atoms with van der Waals surface area (Å²) < 4.78 is 16.1. The monoisotopic (exact) mass is 436 g/mol. The zero-order valence-corrected chi connectivity index (χ0v) is 17.4. The Morgan fingerprint density at radius 3 is 2.41 bits per heavy atom. The van der Waals surface area contributed by atoms with Gasteiger partial charge >= 0.3 is 6.03 Å². The van der Waals surface area contributed by atoms with Crippen molar-refractivity contribution in [1.29, 1.82) is 0 Å². The molecule has 0 aliphatic carbocycles. The summed E-state index contributed by atoms with van der Waals surface area (Å²) in [6, 6.07) is 8.93. The van der Waals surface area contributed by atoms with Crippen LogP contribution in [-0.4, -0.2) is 42.3 Å². The van der Waals surface area contributed by atoms with Gasteiger partial charge in [0.15, 0.2) is 17.3 Å². The molecule has 4 rings (SSSR count). The number of aromatic nitrogens is 2. The summed E-state index contributed by atoms with van der Waals surface area (Å²) in [7, 11) is 4.52. The number of rotatable bonds is 7. The van der Waals surface area contributed by atoms with Crippen molar-refractivity contribution in [2.75, 3.05) is 26.2 Å². The van der Waals surface area contributed by atoms with Gasteiger partial charge in [-0.2, -0.15) is 5.32 Å². The molecule has 2 aromatic carbocycles. The van der Waals surface area contributed by atoms with Gasteiger partial charge in [-0.3, -0.25) is 15.0 Å². The highest BCUT2D eigenvalue weighted by molar-refractivity contribution is 6.02. The molecule has 2 amide bonds. The number of carbonyl (C=O) groups excluding carboxylic acids is 1. The minimum atomic E-state index is -0.548. The molecule has 163 valence electrons. The number of benzene rings is 2. The molecule has 11 heteroatoms. The Labute approximate surface area is 182 Å². The molecule has 0 saturated heterocycles. The van der Waals surface area contributed by atoms with Crippen LogP contribution in [0.15, 0.2) is 42.6 Å². The fraction of sp³-hybridized carbons (Fsp3) is 0.190. The molecular formula is C21H18N5O6. The van der Waals surface area contributed by atoms with Crippen LogP contribution in [0.5, 0.6) is 17.2 Å². The highest BCUT2D eigenvalue weighted by Crippen LogP contribution is 2.41. The largest absolute Gasteiger partial charge is 0.493 e. The molecule has 1 aromatic heterocycles. The number of urea groups is 1. The quantitative estimate of drug-likeness (QED) is 0.406. The molecule has 3 aromatic rings. The van der Waals surface area contributed by atoms with E-state index in [4.69, 9.17) is 14.2 Å². The molecule has 1 radical (unpaired) electrons. The summed E-state index contributed by atoms with van der Waals surface area (Å²) in [5.74, 6) is 1.76. The lowest BCUT2D eigenvalue weighted by molar-refractivity contribution is -0.384. The van der Waals surface area contributed by atoms with Crippen LogP contribution < -0.4 is 24.4 Å². The number of ether oxygens (including phenoxy) is 3. The van der Waals surface area contributed by atoms with E-state index in [-0.39, 0.29) is 23.9 Å². The Hall–Kier alpha value is -4.41. The normalized spacial score (nSPS) is 12.2. The number of carbonyl (C=O) groups is 1. The molecule has 0 unspecified atom stereocenters. The van der Waals surface area contributed by atoms with E-state index in [2.05, 4.69) is 15.3 Å². The number of methoxy groups -OCH3 is 3. The van der Waals surface area contributed by atoms with E-state index in [0.29, 0.717) is 34.1 Å². The number of nitrogens with zero attached hydrogens (tertiary/aromatic N) is 5. The van der Waals surface area contributed by atoms with Gasteiger partial charge in [-0.1, -0.05) is 12.1 Å². The fourth-order valence-corrected chi connectivity index (χ4v) is 3.34. The molecule has 0 bridgehead atoms. The lowest BCUT2D eigenvalue weighted by Gasteiger charge is -2.16. The fourth-order valence-electron chi connectivity index (χ4n) is 3.34. The number of anilines is 1. The van der Waals surface area contributed by atoms with Crippen LogP contribution in [0.2, 0.25) is 0 Å². The summed E-state index contributed by atoms with van der Waals surface area (Å²) in [6.07, 6.45) is 1.49. The minimum Gasteiger partial charge on any atom is -0.493 e. The molecule has 0 N–H and O–H groups in total. The van der Waals surface area contributed by atoms with Crippen molar-refractivity contribution < 1.29 is 23.9 Å². The van der Waals surface area contributed by atoms with Gasteiger partial charge in [0.2, 0.25) is 11.6 Å². The highest BCUT2D eigenvalue weighted by Gasteiger charge is 2.32. The van der Waals surface area contributed by atoms with Crippen LogP contribution in [0, 0.1) is 10.1 Å². The average Bonchev–Trinajstić information content (AvgIpc) is 3.12. The van der Waals surface area contributed by atoms with Crippen molar-refractivity contribution in [3.63, 3.8) is 0 Å². The summed E-state index contributed by atoms with van der Waals surface area (Å²) >= 11 is 0. The Balaban J connectivity index is 1.72. The van der Waals surface area contributed by atoms with E-state index in [1.165, 1.54) is 44.6 Å². The third-order valence-corrected chi connectivity index (χ3v) is 4.85. The van der Waals surface area contributed by atoms with E-state index in [1.54, 1.807) is 24.3 Å². The third kappa shape index (κ3) is 3.71. The Morgan fingerprint density at radius 2 is 1.78 bits per heavy atom. The molecule has 0 spiro atoms. The van der Waals surface area contributed by atoms with Gasteiger partial charge in [0.1, 0.15) is 0 Å². The van der Waals surface area contributed by atoms with Gasteiger partial charge in [-0.05, 0) is 17.7 Å². The highest BCUT2D eigenvalue weighted by atomic mass is 16.6. The van der Waals surface area contributed by atoms with Crippen LogP contribution in [0.3, 0.4) is 0 Å². The molecule has 2 heterocycles. The van der Waals surface area contributed by atoms with Gasteiger partial charge < -0.3 is 14.2 Å². The summed E-state index contributed by atoms with van der Waals surface area (Å²) in [4.78, 5) is 33.2. The van der Waals surface area contributed by atoms with Crippen molar-refractivity contribution in [2.24, 2.45) is 0 Å². The van der Waals surface area contributed by atoms with Crippen LogP contribution in [-0.2, 0) is 6.54 Å². The third-order valence-electron chi connectivity index (χ3n) is 4.85. The molecule has 0 saturated carbocycles. The lowest BCUT2D eigenvalue weighted by Crippen LogP contribution is -2.28. The Kier molecular flexibility index (Phi) is 5.46. The van der Waals surface area contributed by atoms with E-state index < -0.39 is 11.0 Å². The second-order valence-corrected chi connectivity index (χ2v) is 6.72. The first-order valence-electron chi connectivity index (χ1n) is 9.39. The number of nitro benzene ring substituents is 1. The first-order valence-corrected chi connectivity index (χ1v) is 9.39. The Morgan fingerprint density at radius 1 is 1.06 bits per heavy atom. The van der Waals surface area contributed by atoms with Crippen molar-refractivity contribution in [3.8, 4) is 28.5 Å². The maximum Gasteiger partial charge on any atom is 0.351 e. The van der Waals surface area contributed by atoms with Crippen molar-refractivity contribution in [2.45, 2.75) is 6.54 Å². The van der Waals surface area contributed by atoms with Gasteiger partial charge in [-0.25, -0.2) is 14.8 Å². The van der Waals surface area contributed by atoms with E-state index in [9.17, 15) is 14.9 Å². The number of hydrogen-bond donors (Lipinski definition) is 0. The SMILES string of the molecule is COc1cc(-c2cnc3c(n2)N(Cc2cccc([N+](=O)[O-])c2)C(=O)[N]3)cc(OC)c1OC. The molecule has 1 aliphatic heterocycles. The van der Waals surface area contributed by atoms with Crippen LogP contribution in [0.1, 0.15) is 5.56 Å². The molecule has 32 heavy (non-hydrogen) atoms. The van der Waals surface area contributed by atoms with Gasteiger partial charge in [-0.15, -0.1) is 0 Å². The predicted molar refractivity (Wildman–Crippen MR) is 114 cm³/mol. The molecule has 0 fully saturated rings. The molecular weight excluding hydrogens is 418 g/mol. The first-order chi connectivity index (χ1) is 15.4. The van der Waals surface area contributed by atoms with Crippen molar-refractivity contribution in [3.05, 3.63) is 58.3 Å². The van der Waals surface area contributed by atoms with Gasteiger partial charge in [0, 0.05) is 17.7 Å². The molecule has 0 atom stereocenters. The van der Waals surface area contributed by atoms with Crippen LogP contribution >= 0.6 is 0 Å². The number of nitro groups is 1. The second kappa shape index (κ2) is 8.38. The maximum absolute atomic E-state index is 12.5. The summed E-state index contributed by atoms with van der Waals surface area (Å²) in [6.45, 7) is 0.0599. The topological polar surface area (TPSA) is 131 Å². The van der Waals surface area contributed by atoms with Crippen molar-refractivity contribution in [1.82, 2.24) is 15.3 Å². The standard InChI is InChI=1S/C21H18N5O6/c1-30-16-8-13(9-17(31-2)18(16)32-3)15-10-22-19-20(23-15)25(21(27)24-19)11-12-5-4-6-14(7-12)26(28)29/h4-10H,11H2,1-3H3. The molecule has 11 nitrogen and oxygen atoms in total. The van der Waals surface area contributed by atoms with E-state index in [1.807, 2.05) is 0 Å². The summed E-state index contributed by atoms with van der Waals surface area (Å²) in [5.41, 5.74) is 1.58. The lowest BCUT2D eigenvalue weighted by atomic mass is 10.1. The van der Waals surface area contributed by atoms with E-state index >= 15 is 0 Å². The second-order valence-electron chi connectivity index (χ2n) is 6.72. The number of non-ortho nitro benzene ring substituents is 1. The van der Waals surface area contributed by atoms with Crippen LogP contribution in [0.25, 0.3) is 11.3 Å². The van der Waals surface area contributed by atoms with Crippen molar-refractivity contribution >= 4 is 23.4 Å². The van der Waals surface area contributed by atoms with Gasteiger partial charge in [0.05, 0.1) is 44.7 Å². The van der Waals surface area contributed by atoms with Gasteiger partial charge in [0.25, 0.3) is 5.69 Å². The number of hydrogen-bond acceptors (Lipinski definition) is 8. The first kappa shape index (κ1) is 20.8. The average molecular weight is 436 g/mol. The zero-order chi connectivity index (χ0) is 22.8. The molecule has 1 aliphatic rings. The van der Waals surface area contributed by atoms with E-state index in [0.717, 1.165) is 0 Å². The maximum atomic E-state index is 12.5. The zero-order valence-electron chi connectivity index (χ0n) is 17.4. The van der Waals surface area contributed by atoms with Crippen LogP contribution in [0.4, 0.5) is 22.1 Å². The Bertz CT molecular complexity index is 1190. The number of amides is 2. The predicted octanol–water partition coefficient (Wildman–Crippen LogP) is 3.45.